The molecule has 41 heavy (non-hydrogen) atoms. The predicted octanol–water partition coefficient (Wildman–Crippen LogP) is 3.67. The van der Waals surface area contributed by atoms with Gasteiger partial charge >= 0.3 is 12.0 Å². The molecule has 2 heterocycles. The number of nitrogens with one attached hydrogen (secondary N) is 4. The van der Waals surface area contributed by atoms with Gasteiger partial charge in [-0.15, -0.1) is 0 Å². The standard InChI is InChI=1S/C30H40N6O5/c1-4-31-30(39)35-29-33-25-16-23(13-11-22(25)17-36(29)18-28(38)41-19-20(2)3)40-15-7-10-27(37)34-26-14-12-21-8-5-6-9-24(21)32-26/h5-6,8-9,11,13,16,20,26,32H,4,7,10,12,14-15,17-19H2,1-3H3,(H,34,37)(H2,31,33,35,39). The summed E-state index contributed by atoms with van der Waals surface area (Å²) in [5, 5.41) is 11.9. The summed E-state index contributed by atoms with van der Waals surface area (Å²) in [6.07, 6.45) is 2.62. The molecule has 11 heteroatoms. The minimum absolute atomic E-state index is 0.0198. The number of urea groups is 1. The zero-order valence-corrected chi connectivity index (χ0v) is 24.0. The smallest absolute Gasteiger partial charge is 0.325 e. The van der Waals surface area contributed by atoms with Gasteiger partial charge < -0.3 is 30.3 Å². The Hall–Kier alpha value is -4.28. The third-order valence-electron chi connectivity index (χ3n) is 6.61. The topological polar surface area (TPSA) is 133 Å². The highest BCUT2D eigenvalue weighted by atomic mass is 16.5. The molecule has 0 radical (unpaired) electrons. The molecule has 1 unspecified atom stereocenters. The lowest BCUT2D eigenvalue weighted by molar-refractivity contribution is -0.145. The average molecular weight is 565 g/mol. The summed E-state index contributed by atoms with van der Waals surface area (Å²) in [6, 6.07) is 13.3. The molecule has 2 aromatic rings. The number of hydrogen-bond acceptors (Lipinski definition) is 8. The molecule has 4 rings (SSSR count). The summed E-state index contributed by atoms with van der Waals surface area (Å²) in [5.41, 5.74) is 3.87. The van der Waals surface area contributed by atoms with Crippen molar-refractivity contribution in [2.75, 3.05) is 31.6 Å². The van der Waals surface area contributed by atoms with Crippen molar-refractivity contribution in [2.24, 2.45) is 10.9 Å². The lowest BCUT2D eigenvalue weighted by atomic mass is 10.0. The Morgan fingerprint density at radius 3 is 2.78 bits per heavy atom. The van der Waals surface area contributed by atoms with Crippen LogP contribution in [0.4, 0.5) is 16.2 Å². The first-order chi connectivity index (χ1) is 19.8. The van der Waals surface area contributed by atoms with Gasteiger partial charge in [-0.25, -0.2) is 9.79 Å². The highest BCUT2D eigenvalue weighted by Crippen LogP contribution is 2.30. The maximum absolute atomic E-state index is 12.5. The molecule has 0 saturated carbocycles. The van der Waals surface area contributed by atoms with Gasteiger partial charge in [0.1, 0.15) is 12.3 Å². The van der Waals surface area contributed by atoms with Crippen molar-refractivity contribution in [3.63, 3.8) is 0 Å². The van der Waals surface area contributed by atoms with E-state index in [1.165, 1.54) is 5.56 Å². The minimum atomic E-state index is -0.409. The van der Waals surface area contributed by atoms with Gasteiger partial charge in [-0.05, 0) is 55.4 Å². The summed E-state index contributed by atoms with van der Waals surface area (Å²) in [7, 11) is 0. The lowest BCUT2D eigenvalue weighted by Gasteiger charge is -2.30. The first kappa shape index (κ1) is 29.7. The molecule has 2 aromatic carbocycles. The summed E-state index contributed by atoms with van der Waals surface area (Å²) >= 11 is 0. The summed E-state index contributed by atoms with van der Waals surface area (Å²) in [5.74, 6) is 0.690. The Bertz CT molecular complexity index is 1260. The Labute approximate surface area is 241 Å². The number of para-hydroxylation sites is 1. The quantitative estimate of drug-likeness (QED) is 0.242. The molecule has 2 aliphatic heterocycles. The summed E-state index contributed by atoms with van der Waals surface area (Å²) < 4.78 is 11.2. The number of carbonyl (C=O) groups excluding carboxylic acids is 3. The van der Waals surface area contributed by atoms with E-state index in [0.717, 1.165) is 24.1 Å². The third-order valence-corrected chi connectivity index (χ3v) is 6.61. The van der Waals surface area contributed by atoms with E-state index < -0.39 is 6.03 Å². The van der Waals surface area contributed by atoms with Crippen LogP contribution < -0.4 is 26.0 Å². The van der Waals surface area contributed by atoms with Gasteiger partial charge in [0.05, 0.1) is 25.1 Å². The van der Waals surface area contributed by atoms with E-state index in [9.17, 15) is 14.4 Å². The fourth-order valence-electron chi connectivity index (χ4n) is 4.58. The lowest BCUT2D eigenvalue weighted by Crippen LogP contribution is -2.50. The van der Waals surface area contributed by atoms with E-state index >= 15 is 0 Å². The summed E-state index contributed by atoms with van der Waals surface area (Å²) in [6.45, 7) is 7.24. The van der Waals surface area contributed by atoms with Crippen molar-refractivity contribution in [1.82, 2.24) is 20.9 Å². The minimum Gasteiger partial charge on any atom is -0.494 e. The van der Waals surface area contributed by atoms with Crippen molar-refractivity contribution in [3.05, 3.63) is 53.6 Å². The van der Waals surface area contributed by atoms with Crippen LogP contribution in [0.15, 0.2) is 47.5 Å². The first-order valence-electron chi connectivity index (χ1n) is 14.2. The van der Waals surface area contributed by atoms with E-state index in [2.05, 4.69) is 32.3 Å². The number of amides is 3. The molecule has 0 aliphatic carbocycles. The molecule has 220 valence electrons. The van der Waals surface area contributed by atoms with E-state index in [0.29, 0.717) is 50.6 Å². The molecule has 11 nitrogen and oxygen atoms in total. The van der Waals surface area contributed by atoms with Gasteiger partial charge in [-0.1, -0.05) is 38.1 Å². The van der Waals surface area contributed by atoms with Crippen molar-refractivity contribution >= 4 is 35.2 Å². The summed E-state index contributed by atoms with van der Waals surface area (Å²) in [4.78, 5) is 43.4. The van der Waals surface area contributed by atoms with Crippen molar-refractivity contribution in [2.45, 2.75) is 59.2 Å². The number of nitrogens with zero attached hydrogens (tertiary/aromatic N) is 2. The number of anilines is 1. The number of ether oxygens (including phenoxy) is 2. The molecule has 0 fully saturated rings. The molecule has 0 saturated heterocycles. The van der Waals surface area contributed by atoms with E-state index in [4.69, 9.17) is 9.47 Å². The first-order valence-corrected chi connectivity index (χ1v) is 14.2. The number of rotatable bonds is 11. The van der Waals surface area contributed by atoms with Gasteiger partial charge in [0.15, 0.2) is 0 Å². The highest BCUT2D eigenvalue weighted by molar-refractivity contribution is 5.99. The molecular weight excluding hydrogens is 524 g/mol. The number of carbonyl (C=O) groups is 3. The van der Waals surface area contributed by atoms with Crippen LogP contribution in [0, 0.1) is 5.92 Å². The molecule has 0 aromatic heterocycles. The average Bonchev–Trinajstić information content (AvgIpc) is 2.94. The van der Waals surface area contributed by atoms with Crippen LogP contribution in [0.2, 0.25) is 0 Å². The van der Waals surface area contributed by atoms with Crippen molar-refractivity contribution < 1.29 is 23.9 Å². The van der Waals surface area contributed by atoms with Crippen LogP contribution in [-0.4, -0.2) is 61.2 Å². The Morgan fingerprint density at radius 2 is 1.98 bits per heavy atom. The maximum Gasteiger partial charge on any atom is 0.325 e. The van der Waals surface area contributed by atoms with Crippen LogP contribution in [0.5, 0.6) is 5.75 Å². The van der Waals surface area contributed by atoms with E-state index in [-0.39, 0.29) is 36.5 Å². The number of aryl methyl sites for hydroxylation is 1. The van der Waals surface area contributed by atoms with Crippen LogP contribution in [0.3, 0.4) is 0 Å². The SMILES string of the molecule is CCNC(=O)NC1=Nc2cc(OCCCC(=O)NC3CCc4ccccc4N3)ccc2CN1CC(=O)OCC(C)C. The monoisotopic (exact) mass is 564 g/mol. The van der Waals surface area contributed by atoms with Gasteiger partial charge in [0, 0.05) is 31.3 Å². The molecule has 0 bridgehead atoms. The Kier molecular flexibility index (Phi) is 10.4. The molecule has 0 spiro atoms. The zero-order valence-electron chi connectivity index (χ0n) is 24.0. The molecule has 2 aliphatic rings. The highest BCUT2D eigenvalue weighted by Gasteiger charge is 2.25. The fourth-order valence-corrected chi connectivity index (χ4v) is 4.58. The van der Waals surface area contributed by atoms with Gasteiger partial charge in [-0.2, -0.15) is 0 Å². The van der Waals surface area contributed by atoms with Crippen LogP contribution in [0.25, 0.3) is 0 Å². The number of aliphatic imine (C=N–C) groups is 1. The number of guanidine groups is 1. The second-order valence-electron chi connectivity index (χ2n) is 10.6. The van der Waals surface area contributed by atoms with Gasteiger partial charge in [0.25, 0.3) is 0 Å². The zero-order chi connectivity index (χ0) is 29.2. The molecule has 1 atom stereocenters. The fraction of sp³-hybridized carbons (Fsp3) is 0.467. The Balaban J connectivity index is 1.29. The van der Waals surface area contributed by atoms with E-state index in [1.54, 1.807) is 11.0 Å². The van der Waals surface area contributed by atoms with Crippen LogP contribution >= 0.6 is 0 Å². The van der Waals surface area contributed by atoms with Crippen LogP contribution in [0.1, 0.15) is 51.2 Å². The van der Waals surface area contributed by atoms with Crippen LogP contribution in [-0.2, 0) is 27.3 Å². The van der Waals surface area contributed by atoms with Crippen molar-refractivity contribution in [1.29, 1.82) is 0 Å². The third kappa shape index (κ3) is 8.86. The largest absolute Gasteiger partial charge is 0.494 e. The molecule has 3 amide bonds. The normalized spacial score (nSPS) is 15.6. The molecular formula is C30H40N6O5. The second-order valence-corrected chi connectivity index (χ2v) is 10.6. The van der Waals surface area contributed by atoms with Gasteiger partial charge in [0.2, 0.25) is 11.9 Å². The number of benzene rings is 2. The molecule has 4 N–H and O–H groups in total. The van der Waals surface area contributed by atoms with E-state index in [1.807, 2.05) is 51.1 Å². The number of fused-ring (bicyclic) bond motifs is 2. The van der Waals surface area contributed by atoms with Crippen molar-refractivity contribution in [3.8, 4) is 5.75 Å². The number of hydrogen-bond donors (Lipinski definition) is 4. The predicted molar refractivity (Wildman–Crippen MR) is 157 cm³/mol. The number of esters is 1. The maximum atomic E-state index is 12.5. The Morgan fingerprint density at radius 1 is 1.15 bits per heavy atom. The van der Waals surface area contributed by atoms with Gasteiger partial charge in [-0.3, -0.25) is 14.9 Å². The second kappa shape index (κ2) is 14.4.